The highest BCUT2D eigenvalue weighted by Gasteiger charge is 2.15. The monoisotopic (exact) mass is 295 g/mol. The SMILES string of the molecule is O=Cc1c(Cl)cccc1Oc1ccc([N+](=O)[O-])c(F)c1. The first-order chi connectivity index (χ1) is 9.52. The normalized spacial score (nSPS) is 10.1. The molecule has 0 bridgehead atoms. The van der Waals surface area contributed by atoms with Gasteiger partial charge in [-0.1, -0.05) is 17.7 Å². The molecule has 7 heteroatoms. The highest BCUT2D eigenvalue weighted by Crippen LogP contribution is 2.31. The Bertz CT molecular complexity index is 690. The molecule has 0 radical (unpaired) electrons. The summed E-state index contributed by atoms with van der Waals surface area (Å²) in [4.78, 5) is 20.6. The van der Waals surface area contributed by atoms with Gasteiger partial charge < -0.3 is 4.74 Å². The quantitative estimate of drug-likeness (QED) is 0.486. The molecule has 0 unspecified atom stereocenters. The average molecular weight is 296 g/mol. The van der Waals surface area contributed by atoms with Crippen molar-refractivity contribution in [2.75, 3.05) is 0 Å². The van der Waals surface area contributed by atoms with Gasteiger partial charge in [-0.15, -0.1) is 0 Å². The molecule has 0 spiro atoms. The molecule has 20 heavy (non-hydrogen) atoms. The van der Waals surface area contributed by atoms with E-state index in [9.17, 15) is 19.3 Å². The Morgan fingerprint density at radius 1 is 1.30 bits per heavy atom. The smallest absolute Gasteiger partial charge is 0.305 e. The zero-order valence-corrected chi connectivity index (χ0v) is 10.6. The Morgan fingerprint density at radius 2 is 2.05 bits per heavy atom. The van der Waals surface area contributed by atoms with E-state index in [1.807, 2.05) is 0 Å². The molecule has 0 aromatic heterocycles. The lowest BCUT2D eigenvalue weighted by molar-refractivity contribution is -0.387. The summed E-state index contributed by atoms with van der Waals surface area (Å²) >= 11 is 5.82. The molecule has 0 atom stereocenters. The third kappa shape index (κ3) is 2.75. The minimum Gasteiger partial charge on any atom is -0.456 e. The number of halogens is 2. The van der Waals surface area contributed by atoms with Gasteiger partial charge in [-0.25, -0.2) is 0 Å². The van der Waals surface area contributed by atoms with Crippen LogP contribution in [0, 0.1) is 15.9 Å². The lowest BCUT2D eigenvalue weighted by Gasteiger charge is -2.08. The summed E-state index contributed by atoms with van der Waals surface area (Å²) in [5, 5.41) is 10.7. The lowest BCUT2D eigenvalue weighted by Crippen LogP contribution is -1.95. The van der Waals surface area contributed by atoms with E-state index in [1.54, 1.807) is 6.07 Å². The highest BCUT2D eigenvalue weighted by molar-refractivity contribution is 6.33. The van der Waals surface area contributed by atoms with Crippen molar-refractivity contribution in [3.8, 4) is 11.5 Å². The van der Waals surface area contributed by atoms with Crippen molar-refractivity contribution in [3.63, 3.8) is 0 Å². The van der Waals surface area contributed by atoms with Crippen molar-refractivity contribution in [2.45, 2.75) is 0 Å². The summed E-state index contributed by atoms with van der Waals surface area (Å²) in [6.45, 7) is 0. The first kappa shape index (κ1) is 14.0. The molecule has 0 aliphatic carbocycles. The van der Waals surface area contributed by atoms with Crippen LogP contribution in [-0.2, 0) is 0 Å². The second kappa shape index (κ2) is 5.66. The molecule has 0 heterocycles. The number of carbonyl (C=O) groups excluding carboxylic acids is 1. The van der Waals surface area contributed by atoms with E-state index in [0.29, 0.717) is 6.29 Å². The Balaban J connectivity index is 2.36. The number of benzene rings is 2. The van der Waals surface area contributed by atoms with Gasteiger partial charge in [-0.2, -0.15) is 4.39 Å². The summed E-state index contributed by atoms with van der Waals surface area (Å²) in [7, 11) is 0. The molecule has 0 amide bonds. The van der Waals surface area contributed by atoms with Crippen molar-refractivity contribution >= 4 is 23.6 Å². The van der Waals surface area contributed by atoms with Crippen LogP contribution in [0.25, 0.3) is 0 Å². The number of hydrogen-bond acceptors (Lipinski definition) is 4. The van der Waals surface area contributed by atoms with E-state index < -0.39 is 16.4 Å². The fraction of sp³-hybridized carbons (Fsp3) is 0. The van der Waals surface area contributed by atoms with Gasteiger partial charge in [-0.05, 0) is 18.2 Å². The fourth-order valence-corrected chi connectivity index (χ4v) is 1.76. The Kier molecular flexibility index (Phi) is 3.95. The molecule has 0 aliphatic rings. The number of nitrogens with zero attached hydrogens (tertiary/aromatic N) is 1. The Morgan fingerprint density at radius 3 is 2.65 bits per heavy atom. The number of rotatable bonds is 4. The summed E-state index contributed by atoms with van der Waals surface area (Å²) in [6.07, 6.45) is 0.513. The van der Waals surface area contributed by atoms with Gasteiger partial charge in [0.2, 0.25) is 5.82 Å². The first-order valence-electron chi connectivity index (χ1n) is 5.38. The fourth-order valence-electron chi connectivity index (χ4n) is 1.55. The number of aldehydes is 1. The van der Waals surface area contributed by atoms with E-state index in [0.717, 1.165) is 12.1 Å². The topological polar surface area (TPSA) is 69.4 Å². The molecule has 0 N–H and O–H groups in total. The molecule has 0 saturated heterocycles. The standard InChI is InChI=1S/C13H7ClFNO4/c14-10-2-1-3-13(9(10)7-17)20-8-4-5-12(16(18)19)11(15)6-8/h1-7H. The molecule has 0 aliphatic heterocycles. The van der Waals surface area contributed by atoms with Crippen LogP contribution in [0.1, 0.15) is 10.4 Å². The van der Waals surface area contributed by atoms with Crippen molar-refractivity contribution in [1.82, 2.24) is 0 Å². The van der Waals surface area contributed by atoms with Gasteiger partial charge in [-0.3, -0.25) is 14.9 Å². The summed E-state index contributed by atoms with van der Waals surface area (Å²) in [6, 6.07) is 7.63. The van der Waals surface area contributed by atoms with Crippen LogP contribution in [-0.4, -0.2) is 11.2 Å². The van der Waals surface area contributed by atoms with E-state index in [-0.39, 0.29) is 22.1 Å². The second-order valence-corrected chi connectivity index (χ2v) is 4.15. The van der Waals surface area contributed by atoms with Crippen LogP contribution >= 0.6 is 11.6 Å². The number of ether oxygens (including phenoxy) is 1. The van der Waals surface area contributed by atoms with Crippen molar-refractivity contribution in [2.24, 2.45) is 0 Å². The third-order valence-electron chi connectivity index (χ3n) is 2.47. The lowest BCUT2D eigenvalue weighted by atomic mass is 10.2. The van der Waals surface area contributed by atoms with Crippen LogP contribution < -0.4 is 4.74 Å². The molecule has 2 aromatic rings. The van der Waals surface area contributed by atoms with Gasteiger partial charge in [0.15, 0.2) is 6.29 Å². The van der Waals surface area contributed by atoms with Crippen LogP contribution in [0.15, 0.2) is 36.4 Å². The predicted molar refractivity (Wildman–Crippen MR) is 70.0 cm³/mol. The first-order valence-corrected chi connectivity index (χ1v) is 5.76. The average Bonchev–Trinajstić information content (AvgIpc) is 2.38. The van der Waals surface area contributed by atoms with Crippen LogP contribution in [0.3, 0.4) is 0 Å². The maximum atomic E-state index is 13.4. The molecular formula is C13H7ClFNO4. The Hall–Kier alpha value is -2.47. The van der Waals surface area contributed by atoms with Crippen LogP contribution in [0.5, 0.6) is 11.5 Å². The number of nitro benzene ring substituents is 1. The molecular weight excluding hydrogens is 289 g/mol. The van der Waals surface area contributed by atoms with Gasteiger partial charge in [0.25, 0.3) is 0 Å². The molecule has 2 aromatic carbocycles. The second-order valence-electron chi connectivity index (χ2n) is 3.74. The zero-order chi connectivity index (χ0) is 14.7. The largest absolute Gasteiger partial charge is 0.456 e. The van der Waals surface area contributed by atoms with E-state index in [1.165, 1.54) is 18.2 Å². The van der Waals surface area contributed by atoms with Gasteiger partial charge >= 0.3 is 5.69 Å². The van der Waals surface area contributed by atoms with Crippen LogP contribution in [0.2, 0.25) is 5.02 Å². The van der Waals surface area contributed by atoms with Crippen LogP contribution in [0.4, 0.5) is 10.1 Å². The van der Waals surface area contributed by atoms with Crippen molar-refractivity contribution in [3.05, 3.63) is 62.9 Å². The van der Waals surface area contributed by atoms with E-state index in [4.69, 9.17) is 16.3 Å². The number of hydrogen-bond donors (Lipinski definition) is 0. The predicted octanol–water partition coefficient (Wildman–Crippen LogP) is 3.99. The zero-order valence-electron chi connectivity index (χ0n) is 9.88. The maximum absolute atomic E-state index is 13.4. The number of nitro groups is 1. The van der Waals surface area contributed by atoms with E-state index >= 15 is 0 Å². The summed E-state index contributed by atoms with van der Waals surface area (Å²) in [5.74, 6) is -0.860. The summed E-state index contributed by atoms with van der Waals surface area (Å²) < 4.78 is 18.8. The molecule has 0 saturated carbocycles. The maximum Gasteiger partial charge on any atom is 0.305 e. The minimum absolute atomic E-state index is 0.0264. The highest BCUT2D eigenvalue weighted by atomic mass is 35.5. The van der Waals surface area contributed by atoms with E-state index in [2.05, 4.69) is 0 Å². The molecule has 2 rings (SSSR count). The van der Waals surface area contributed by atoms with Crippen molar-refractivity contribution < 1.29 is 18.8 Å². The number of carbonyl (C=O) groups is 1. The van der Waals surface area contributed by atoms with Gasteiger partial charge in [0.05, 0.1) is 15.5 Å². The molecule has 0 fully saturated rings. The van der Waals surface area contributed by atoms with Gasteiger partial charge in [0, 0.05) is 12.1 Å². The summed E-state index contributed by atoms with van der Waals surface area (Å²) in [5.41, 5.74) is -0.535. The molecule has 5 nitrogen and oxygen atoms in total. The van der Waals surface area contributed by atoms with Gasteiger partial charge in [0.1, 0.15) is 11.5 Å². The Labute approximate surface area is 117 Å². The minimum atomic E-state index is -1.03. The third-order valence-corrected chi connectivity index (χ3v) is 2.80. The van der Waals surface area contributed by atoms with Crippen molar-refractivity contribution in [1.29, 1.82) is 0 Å². The molecule has 102 valence electrons.